The zero-order valence-electron chi connectivity index (χ0n) is 16.1. The van der Waals surface area contributed by atoms with Gasteiger partial charge in [-0.25, -0.2) is 15.0 Å². The molecule has 144 valence electrons. The Bertz CT molecular complexity index is 947. The number of nitrogens with zero attached hydrogens (tertiary/aromatic N) is 4. The van der Waals surface area contributed by atoms with Crippen molar-refractivity contribution in [1.82, 2.24) is 15.0 Å². The van der Waals surface area contributed by atoms with Crippen LogP contribution in [0.2, 0.25) is 0 Å². The van der Waals surface area contributed by atoms with Crippen molar-refractivity contribution in [3.05, 3.63) is 53.3 Å². The second kappa shape index (κ2) is 8.06. The molecule has 1 fully saturated rings. The number of hydrogen-bond acceptors (Lipinski definition) is 6. The van der Waals surface area contributed by atoms with Crippen molar-refractivity contribution >= 4 is 28.9 Å². The standard InChI is InChI=1S/C21H23N5OS/c1-14-8-10-26(11-9-14)21-22-12-17(13-23-21)25-19(27)18-15(2)24-20(28-18)16-6-4-3-5-7-16/h3-7,12-14H,8-11H2,1-2H3,(H,25,27). The maximum absolute atomic E-state index is 12.7. The van der Waals surface area contributed by atoms with E-state index in [4.69, 9.17) is 0 Å². The number of nitrogens with one attached hydrogen (secondary N) is 1. The van der Waals surface area contributed by atoms with E-state index in [2.05, 4.69) is 32.1 Å². The third-order valence-electron chi connectivity index (χ3n) is 4.99. The quantitative estimate of drug-likeness (QED) is 0.711. The van der Waals surface area contributed by atoms with Gasteiger partial charge in [-0.05, 0) is 25.7 Å². The Balaban J connectivity index is 1.44. The first-order valence-corrected chi connectivity index (χ1v) is 10.3. The van der Waals surface area contributed by atoms with Crippen molar-refractivity contribution in [2.75, 3.05) is 23.3 Å². The Labute approximate surface area is 168 Å². The average molecular weight is 394 g/mol. The van der Waals surface area contributed by atoms with E-state index >= 15 is 0 Å². The molecule has 1 aliphatic rings. The average Bonchev–Trinajstić information content (AvgIpc) is 3.12. The van der Waals surface area contributed by atoms with Crippen LogP contribution in [0.4, 0.5) is 11.6 Å². The van der Waals surface area contributed by atoms with Crippen molar-refractivity contribution in [2.24, 2.45) is 5.92 Å². The number of aromatic nitrogens is 3. The van der Waals surface area contributed by atoms with Gasteiger partial charge in [0.1, 0.15) is 9.88 Å². The predicted molar refractivity (Wildman–Crippen MR) is 113 cm³/mol. The SMILES string of the molecule is Cc1nc(-c2ccccc2)sc1C(=O)Nc1cnc(N2CCC(C)CC2)nc1. The third-order valence-corrected chi connectivity index (χ3v) is 6.19. The van der Waals surface area contributed by atoms with E-state index in [0.717, 1.165) is 54.1 Å². The largest absolute Gasteiger partial charge is 0.341 e. The zero-order valence-corrected chi connectivity index (χ0v) is 16.9. The van der Waals surface area contributed by atoms with Gasteiger partial charge in [-0.2, -0.15) is 0 Å². The number of anilines is 2. The topological polar surface area (TPSA) is 71.0 Å². The van der Waals surface area contributed by atoms with Gasteiger partial charge in [0, 0.05) is 18.7 Å². The molecule has 3 heterocycles. The van der Waals surface area contributed by atoms with E-state index in [9.17, 15) is 4.79 Å². The monoisotopic (exact) mass is 393 g/mol. The van der Waals surface area contributed by atoms with Crippen LogP contribution in [0.1, 0.15) is 35.1 Å². The smallest absolute Gasteiger partial charge is 0.267 e. The molecule has 28 heavy (non-hydrogen) atoms. The molecule has 3 aromatic rings. The Hall–Kier alpha value is -2.80. The van der Waals surface area contributed by atoms with Gasteiger partial charge in [-0.3, -0.25) is 4.79 Å². The van der Waals surface area contributed by atoms with Crippen LogP contribution < -0.4 is 10.2 Å². The molecule has 1 saturated heterocycles. The highest BCUT2D eigenvalue weighted by molar-refractivity contribution is 7.17. The molecule has 0 bridgehead atoms. The Kier molecular flexibility index (Phi) is 5.34. The molecule has 0 unspecified atom stereocenters. The van der Waals surface area contributed by atoms with Crippen LogP contribution in [0, 0.1) is 12.8 Å². The normalized spacial score (nSPS) is 14.9. The van der Waals surface area contributed by atoms with Gasteiger partial charge < -0.3 is 10.2 Å². The summed E-state index contributed by atoms with van der Waals surface area (Å²) >= 11 is 1.39. The minimum absolute atomic E-state index is 0.180. The molecule has 2 aromatic heterocycles. The van der Waals surface area contributed by atoms with Gasteiger partial charge in [0.25, 0.3) is 5.91 Å². The number of benzene rings is 1. The summed E-state index contributed by atoms with van der Waals surface area (Å²) in [6, 6.07) is 9.88. The number of piperidine rings is 1. The number of hydrogen-bond donors (Lipinski definition) is 1. The zero-order chi connectivity index (χ0) is 19.5. The van der Waals surface area contributed by atoms with Crippen molar-refractivity contribution in [3.63, 3.8) is 0 Å². The van der Waals surface area contributed by atoms with Crippen LogP contribution in [0.15, 0.2) is 42.7 Å². The summed E-state index contributed by atoms with van der Waals surface area (Å²) in [5.41, 5.74) is 2.33. The maximum Gasteiger partial charge on any atom is 0.267 e. The fourth-order valence-corrected chi connectivity index (χ4v) is 4.22. The minimum atomic E-state index is -0.180. The summed E-state index contributed by atoms with van der Waals surface area (Å²) in [7, 11) is 0. The fourth-order valence-electron chi connectivity index (χ4n) is 3.26. The van der Waals surface area contributed by atoms with Gasteiger partial charge in [-0.15, -0.1) is 11.3 Å². The number of carbonyl (C=O) groups excluding carboxylic acids is 1. The van der Waals surface area contributed by atoms with Gasteiger partial charge in [0.2, 0.25) is 5.95 Å². The molecule has 1 aliphatic heterocycles. The first-order valence-electron chi connectivity index (χ1n) is 9.51. The number of thiazole rings is 1. The Morgan fingerprint density at radius 2 is 1.82 bits per heavy atom. The first kappa shape index (κ1) is 18.6. The van der Waals surface area contributed by atoms with Crippen LogP contribution in [0.3, 0.4) is 0 Å². The van der Waals surface area contributed by atoms with Crippen molar-refractivity contribution in [2.45, 2.75) is 26.7 Å². The van der Waals surface area contributed by atoms with Crippen LogP contribution in [0.25, 0.3) is 10.6 Å². The summed E-state index contributed by atoms with van der Waals surface area (Å²) in [6.45, 7) is 6.10. The second-order valence-corrected chi connectivity index (χ2v) is 8.19. The molecule has 0 radical (unpaired) electrons. The van der Waals surface area contributed by atoms with Crippen molar-refractivity contribution in [3.8, 4) is 10.6 Å². The number of rotatable bonds is 4. The summed E-state index contributed by atoms with van der Waals surface area (Å²) in [6.07, 6.45) is 5.67. The summed E-state index contributed by atoms with van der Waals surface area (Å²) < 4.78 is 0. The van der Waals surface area contributed by atoms with E-state index < -0.39 is 0 Å². The van der Waals surface area contributed by atoms with Crippen LogP contribution >= 0.6 is 11.3 Å². The molecule has 0 saturated carbocycles. The molecule has 1 aromatic carbocycles. The molecule has 0 atom stereocenters. The number of aryl methyl sites for hydroxylation is 1. The number of carbonyl (C=O) groups is 1. The molecule has 1 N–H and O–H groups in total. The lowest BCUT2D eigenvalue weighted by atomic mass is 10.00. The summed E-state index contributed by atoms with van der Waals surface area (Å²) in [5, 5.41) is 3.73. The minimum Gasteiger partial charge on any atom is -0.341 e. The Morgan fingerprint density at radius 1 is 1.14 bits per heavy atom. The molecule has 7 heteroatoms. The lowest BCUT2D eigenvalue weighted by Crippen LogP contribution is -2.34. The lowest BCUT2D eigenvalue weighted by molar-refractivity contribution is 0.102. The van der Waals surface area contributed by atoms with E-state index in [1.165, 1.54) is 11.3 Å². The molecule has 0 aliphatic carbocycles. The molecular weight excluding hydrogens is 370 g/mol. The van der Waals surface area contributed by atoms with E-state index in [0.29, 0.717) is 10.6 Å². The van der Waals surface area contributed by atoms with Gasteiger partial charge in [0.15, 0.2) is 0 Å². The van der Waals surface area contributed by atoms with Crippen LogP contribution in [0.5, 0.6) is 0 Å². The van der Waals surface area contributed by atoms with Crippen molar-refractivity contribution < 1.29 is 4.79 Å². The number of amides is 1. The molecule has 4 rings (SSSR count). The van der Waals surface area contributed by atoms with Gasteiger partial charge in [0.05, 0.1) is 23.8 Å². The van der Waals surface area contributed by atoms with E-state index in [1.54, 1.807) is 12.4 Å². The second-order valence-electron chi connectivity index (χ2n) is 7.20. The Morgan fingerprint density at radius 3 is 2.50 bits per heavy atom. The highest BCUT2D eigenvalue weighted by Gasteiger charge is 2.19. The van der Waals surface area contributed by atoms with Gasteiger partial charge in [-0.1, -0.05) is 37.3 Å². The molecular formula is C21H23N5OS. The first-order chi connectivity index (χ1) is 13.6. The van der Waals surface area contributed by atoms with Crippen LogP contribution in [-0.2, 0) is 0 Å². The highest BCUT2D eigenvalue weighted by Crippen LogP contribution is 2.28. The van der Waals surface area contributed by atoms with Crippen molar-refractivity contribution in [1.29, 1.82) is 0 Å². The summed E-state index contributed by atoms with van der Waals surface area (Å²) in [4.78, 5) is 28.9. The third kappa shape index (κ3) is 4.04. The summed E-state index contributed by atoms with van der Waals surface area (Å²) in [5.74, 6) is 1.31. The molecule has 1 amide bonds. The fraction of sp³-hybridized carbons (Fsp3) is 0.333. The molecule has 6 nitrogen and oxygen atoms in total. The van der Waals surface area contributed by atoms with E-state index in [1.807, 2.05) is 37.3 Å². The maximum atomic E-state index is 12.7. The van der Waals surface area contributed by atoms with Gasteiger partial charge >= 0.3 is 0 Å². The lowest BCUT2D eigenvalue weighted by Gasteiger charge is -2.30. The predicted octanol–water partition coefficient (Wildman–Crippen LogP) is 4.40. The molecule has 0 spiro atoms. The van der Waals surface area contributed by atoms with Crippen LogP contribution in [-0.4, -0.2) is 33.9 Å². The highest BCUT2D eigenvalue weighted by atomic mass is 32.1. The van der Waals surface area contributed by atoms with E-state index in [-0.39, 0.29) is 5.91 Å².